The van der Waals surface area contributed by atoms with E-state index in [9.17, 15) is 14.4 Å². The van der Waals surface area contributed by atoms with Crippen molar-refractivity contribution >= 4 is 17.9 Å². The normalized spacial score (nSPS) is 12.5. The van der Waals surface area contributed by atoms with Gasteiger partial charge in [0.1, 0.15) is 13.2 Å². The third-order valence-corrected chi connectivity index (χ3v) is 8.10. The molecule has 6 nitrogen and oxygen atoms in total. The van der Waals surface area contributed by atoms with Crippen LogP contribution < -0.4 is 0 Å². The van der Waals surface area contributed by atoms with E-state index in [1.807, 2.05) is 6.08 Å². The van der Waals surface area contributed by atoms with Gasteiger partial charge in [-0.1, -0.05) is 153 Å². The lowest BCUT2D eigenvalue weighted by molar-refractivity contribution is -0.166. The van der Waals surface area contributed by atoms with Crippen LogP contribution in [0.3, 0.4) is 0 Å². The molecule has 0 heterocycles. The molecule has 0 N–H and O–H groups in total. The molecule has 0 aliphatic carbocycles. The minimum atomic E-state index is -0.817. The maximum absolute atomic E-state index is 12.5. The molecule has 1 unspecified atom stereocenters. The van der Waals surface area contributed by atoms with Crippen LogP contribution in [0.1, 0.15) is 181 Å². The monoisotopic (exact) mass is 673 g/mol. The Hall–Kier alpha value is -2.63. The maximum atomic E-state index is 12.5. The van der Waals surface area contributed by atoms with Crippen LogP contribution in [0.4, 0.5) is 0 Å². The van der Waals surface area contributed by atoms with Crippen LogP contribution in [-0.4, -0.2) is 37.2 Å². The van der Waals surface area contributed by atoms with Gasteiger partial charge >= 0.3 is 17.9 Å². The average molecular weight is 673 g/mol. The van der Waals surface area contributed by atoms with Gasteiger partial charge in [-0.2, -0.15) is 0 Å². The van der Waals surface area contributed by atoms with E-state index in [1.165, 1.54) is 70.6 Å². The lowest BCUT2D eigenvalue weighted by Crippen LogP contribution is -2.30. The highest BCUT2D eigenvalue weighted by atomic mass is 16.6. The van der Waals surface area contributed by atoms with Gasteiger partial charge in [-0.15, -0.1) is 0 Å². The van der Waals surface area contributed by atoms with Crippen molar-refractivity contribution in [3.8, 4) is 0 Å². The minimum Gasteiger partial charge on any atom is -0.462 e. The van der Waals surface area contributed by atoms with Gasteiger partial charge in [0.05, 0.1) is 6.42 Å². The third kappa shape index (κ3) is 34.7. The molecule has 0 saturated carbocycles. The first-order valence-electron chi connectivity index (χ1n) is 19.6. The van der Waals surface area contributed by atoms with Crippen molar-refractivity contribution in [1.29, 1.82) is 0 Å². The Morgan fingerprint density at radius 1 is 0.458 bits per heavy atom. The molecule has 48 heavy (non-hydrogen) atoms. The summed E-state index contributed by atoms with van der Waals surface area (Å²) in [6, 6.07) is 0. The van der Waals surface area contributed by atoms with Crippen LogP contribution in [0, 0.1) is 0 Å². The highest BCUT2D eigenvalue weighted by molar-refractivity contribution is 5.72. The lowest BCUT2D eigenvalue weighted by Gasteiger charge is -2.18. The number of esters is 3. The van der Waals surface area contributed by atoms with Crippen molar-refractivity contribution in [3.05, 3.63) is 48.6 Å². The smallest absolute Gasteiger partial charge is 0.310 e. The van der Waals surface area contributed by atoms with E-state index in [0.29, 0.717) is 12.8 Å². The van der Waals surface area contributed by atoms with Crippen LogP contribution >= 0.6 is 0 Å². The van der Waals surface area contributed by atoms with E-state index in [-0.39, 0.29) is 31.6 Å². The van der Waals surface area contributed by atoms with E-state index in [0.717, 1.165) is 70.6 Å². The maximum Gasteiger partial charge on any atom is 0.310 e. The molecule has 0 radical (unpaired) electrons. The molecule has 0 saturated heterocycles. The summed E-state index contributed by atoms with van der Waals surface area (Å²) in [5, 5.41) is 0. The first-order valence-corrected chi connectivity index (χ1v) is 19.6. The molecule has 0 spiro atoms. The number of hydrogen-bond acceptors (Lipinski definition) is 6. The first kappa shape index (κ1) is 45.4. The average Bonchev–Trinajstić information content (AvgIpc) is 3.08. The quantitative estimate of drug-likeness (QED) is 0.0293. The highest BCUT2D eigenvalue weighted by Gasteiger charge is 2.19. The number of allylic oxidation sites excluding steroid dienone is 7. The summed E-state index contributed by atoms with van der Waals surface area (Å²) in [7, 11) is 0. The number of carbonyl (C=O) groups excluding carboxylic acids is 3. The second kappa shape index (κ2) is 37.2. The summed E-state index contributed by atoms with van der Waals surface area (Å²) < 4.78 is 16.4. The van der Waals surface area contributed by atoms with Gasteiger partial charge in [0, 0.05) is 12.8 Å². The number of carbonyl (C=O) groups is 3. The van der Waals surface area contributed by atoms with Gasteiger partial charge in [-0.05, 0) is 57.8 Å². The fraction of sp³-hybridized carbons (Fsp3) is 0.738. The van der Waals surface area contributed by atoms with E-state index >= 15 is 0 Å². The van der Waals surface area contributed by atoms with E-state index < -0.39 is 12.1 Å². The molecule has 0 bridgehead atoms. The van der Waals surface area contributed by atoms with Crippen LogP contribution in [0.25, 0.3) is 0 Å². The van der Waals surface area contributed by atoms with Gasteiger partial charge in [-0.3, -0.25) is 14.4 Å². The number of hydrogen-bond donors (Lipinski definition) is 0. The molecule has 6 heteroatoms. The second-order valence-corrected chi connectivity index (χ2v) is 12.8. The molecule has 1 atom stereocenters. The van der Waals surface area contributed by atoms with Crippen LogP contribution in [0.15, 0.2) is 48.6 Å². The summed E-state index contributed by atoms with van der Waals surface area (Å²) in [6.07, 6.45) is 41.3. The van der Waals surface area contributed by atoms with Crippen LogP contribution in [0.5, 0.6) is 0 Å². The Morgan fingerprint density at radius 2 is 0.875 bits per heavy atom. The van der Waals surface area contributed by atoms with Gasteiger partial charge in [0.25, 0.3) is 0 Å². The molecule has 0 aliphatic rings. The molecule has 0 amide bonds. The molecule has 0 aliphatic heterocycles. The summed E-state index contributed by atoms with van der Waals surface area (Å²) in [5.74, 6) is -1.06. The summed E-state index contributed by atoms with van der Waals surface area (Å²) in [6.45, 7) is 6.34. The second-order valence-electron chi connectivity index (χ2n) is 12.8. The standard InChI is InChI=1S/C42H72O6/c1-4-7-10-13-16-19-20-21-24-26-29-32-35-41(44)47-38-39(48-42(45)36-33-30-27-23-18-15-12-9-6-3)37-46-40(43)34-31-28-25-22-17-14-11-8-5-2/h9,12,16,18-19,23,30,33,39H,4-8,10-11,13-15,17,20-22,24-29,31-32,34-38H2,1-3H3/b12-9-,19-16-,23-18-,33-30-. The zero-order chi connectivity index (χ0) is 35.2. The van der Waals surface area contributed by atoms with Gasteiger partial charge < -0.3 is 14.2 Å². The molecule has 276 valence electrons. The predicted molar refractivity (Wildman–Crippen MR) is 201 cm³/mol. The lowest BCUT2D eigenvalue weighted by atomic mass is 10.1. The topological polar surface area (TPSA) is 78.9 Å². The Morgan fingerprint density at radius 3 is 1.40 bits per heavy atom. The largest absolute Gasteiger partial charge is 0.462 e. The van der Waals surface area contributed by atoms with Crippen molar-refractivity contribution in [2.75, 3.05) is 13.2 Å². The molecular weight excluding hydrogens is 600 g/mol. The van der Waals surface area contributed by atoms with Crippen molar-refractivity contribution in [1.82, 2.24) is 0 Å². The Balaban J connectivity index is 4.46. The summed E-state index contributed by atoms with van der Waals surface area (Å²) >= 11 is 0. The number of rotatable bonds is 34. The van der Waals surface area contributed by atoms with Gasteiger partial charge in [-0.25, -0.2) is 0 Å². The van der Waals surface area contributed by atoms with Crippen molar-refractivity contribution < 1.29 is 28.6 Å². The SMILES string of the molecule is CC/C=C\C/C=C\C/C=C\CC(=O)OC(COC(=O)CCCCCCC/C=C\CCCCC)COC(=O)CCCCCCCCCCC. The molecule has 0 aromatic heterocycles. The highest BCUT2D eigenvalue weighted by Crippen LogP contribution is 2.12. The van der Waals surface area contributed by atoms with E-state index in [2.05, 4.69) is 57.2 Å². The summed E-state index contributed by atoms with van der Waals surface area (Å²) in [5.41, 5.74) is 0. The molecule has 0 aromatic carbocycles. The first-order chi connectivity index (χ1) is 23.5. The van der Waals surface area contributed by atoms with Crippen molar-refractivity contribution in [2.24, 2.45) is 0 Å². The fourth-order valence-corrected chi connectivity index (χ4v) is 5.14. The van der Waals surface area contributed by atoms with Gasteiger partial charge in [0.15, 0.2) is 6.10 Å². The fourth-order valence-electron chi connectivity index (χ4n) is 5.14. The van der Waals surface area contributed by atoms with Crippen molar-refractivity contribution in [3.63, 3.8) is 0 Å². The minimum absolute atomic E-state index is 0.106. The zero-order valence-corrected chi connectivity index (χ0v) is 31.2. The number of unbranched alkanes of at least 4 members (excludes halogenated alkanes) is 16. The van der Waals surface area contributed by atoms with Crippen molar-refractivity contribution in [2.45, 2.75) is 187 Å². The molecule has 0 fully saturated rings. The Labute approximate surface area is 295 Å². The van der Waals surface area contributed by atoms with E-state index in [4.69, 9.17) is 14.2 Å². The summed E-state index contributed by atoms with van der Waals surface area (Å²) in [4.78, 5) is 37.3. The van der Waals surface area contributed by atoms with Gasteiger partial charge in [0.2, 0.25) is 0 Å². The Kier molecular flexibility index (Phi) is 35.2. The third-order valence-electron chi connectivity index (χ3n) is 8.10. The van der Waals surface area contributed by atoms with Crippen LogP contribution in [-0.2, 0) is 28.6 Å². The van der Waals surface area contributed by atoms with Crippen LogP contribution in [0.2, 0.25) is 0 Å². The molecule has 0 aromatic rings. The molecule has 0 rings (SSSR count). The Bertz CT molecular complexity index is 871. The van der Waals surface area contributed by atoms with E-state index in [1.54, 1.807) is 6.08 Å². The predicted octanol–water partition coefficient (Wildman–Crippen LogP) is 12.0. The zero-order valence-electron chi connectivity index (χ0n) is 31.2. The molecular formula is C42H72O6. The number of ether oxygens (including phenoxy) is 3.